The fourth-order valence-corrected chi connectivity index (χ4v) is 10.7. The Morgan fingerprint density at radius 3 is 2.56 bits per heavy atom. The molecular weight excluding hydrogens is 548 g/mol. The molecule has 4 fully saturated rings. The summed E-state index contributed by atoms with van der Waals surface area (Å²) >= 11 is 0. The van der Waals surface area contributed by atoms with E-state index in [1.165, 1.54) is 0 Å². The number of hydrogen-bond acceptors (Lipinski definition) is 8. The summed E-state index contributed by atoms with van der Waals surface area (Å²) in [6.07, 6.45) is 5.52. The second-order valence-corrected chi connectivity index (χ2v) is 15.2. The van der Waals surface area contributed by atoms with Gasteiger partial charge in [0.05, 0.1) is 16.9 Å². The Hall–Kier alpha value is -3.00. The third-order valence-corrected chi connectivity index (χ3v) is 12.6. The molecule has 11 atom stereocenters. The van der Waals surface area contributed by atoms with E-state index in [2.05, 4.69) is 12.7 Å². The minimum atomic E-state index is -1.21. The zero-order chi connectivity index (χ0) is 31.0. The molecule has 2 aliphatic heterocycles. The molecule has 7 aliphatic rings. The van der Waals surface area contributed by atoms with E-state index in [4.69, 9.17) is 14.2 Å². The smallest absolute Gasteiger partial charge is 0.334 e. The SMILES string of the molecule is C=C1C(=O)O[C@H]2[C@H]1CC[C@@](C)(O)[C@@]13C=C[C@@](C)([C@H]21)[C@]1(C3)C(=O)O[C@@H]2[C@H]3C(C)=CC(=O)C3=C(C)C[C@H](OC(=O)CC(C)C)[C@H]21. The van der Waals surface area contributed by atoms with Crippen molar-refractivity contribution < 1.29 is 38.5 Å². The Morgan fingerprint density at radius 1 is 1.14 bits per heavy atom. The summed E-state index contributed by atoms with van der Waals surface area (Å²) in [5.74, 6) is -2.87. The first-order valence-corrected chi connectivity index (χ1v) is 15.7. The number of hydrogen-bond donors (Lipinski definition) is 1. The van der Waals surface area contributed by atoms with Gasteiger partial charge in [0.25, 0.3) is 0 Å². The number of ketones is 1. The van der Waals surface area contributed by atoms with Crippen molar-refractivity contribution in [3.63, 3.8) is 0 Å². The van der Waals surface area contributed by atoms with E-state index in [0.29, 0.717) is 30.4 Å². The molecule has 5 aliphatic carbocycles. The molecule has 0 aromatic heterocycles. The van der Waals surface area contributed by atoms with Crippen LogP contribution in [0.4, 0.5) is 0 Å². The van der Waals surface area contributed by atoms with Crippen molar-refractivity contribution in [2.45, 2.75) is 97.6 Å². The van der Waals surface area contributed by atoms with E-state index in [0.717, 1.165) is 11.1 Å². The maximum atomic E-state index is 14.7. The second kappa shape index (κ2) is 8.80. The predicted molar refractivity (Wildman–Crippen MR) is 155 cm³/mol. The summed E-state index contributed by atoms with van der Waals surface area (Å²) in [5.41, 5.74) is -1.47. The van der Waals surface area contributed by atoms with Crippen LogP contribution in [0, 0.1) is 45.8 Å². The first-order chi connectivity index (χ1) is 20.1. The molecule has 0 unspecified atom stereocenters. The van der Waals surface area contributed by atoms with Crippen LogP contribution in [0.3, 0.4) is 0 Å². The fourth-order valence-electron chi connectivity index (χ4n) is 10.7. The number of rotatable bonds is 3. The Bertz CT molecular complexity index is 1480. The molecule has 2 saturated carbocycles. The van der Waals surface area contributed by atoms with E-state index in [9.17, 15) is 24.3 Å². The van der Waals surface area contributed by atoms with Crippen molar-refractivity contribution >= 4 is 23.7 Å². The lowest BCUT2D eigenvalue weighted by atomic mass is 9.54. The standard InChI is InChI=1S/C35H42O8/c1-16(2)12-23(37)41-22-14-18(4)24-21(36)13-17(3)25(24)28-26(22)35(31(39)43-28)15-34-11-10-32(35,6)29(34)27-20(8-9-33(34,7)40)19(5)30(38)42-27/h10-11,13,16,20,22,25-29,40H,5,8-9,12,14-15H2,1-4,6-7H3/t20-,22-,25-,26+,27-,28+,29-,32-,33+,34+,35-/m0/s1. The Balaban J connectivity index is 1.42. The molecule has 2 heterocycles. The highest BCUT2D eigenvalue weighted by Gasteiger charge is 2.84. The number of allylic oxidation sites excluding steroid dienone is 2. The van der Waals surface area contributed by atoms with E-state index in [1.54, 1.807) is 6.08 Å². The van der Waals surface area contributed by atoms with Gasteiger partial charge in [-0.1, -0.05) is 50.6 Å². The van der Waals surface area contributed by atoms with Crippen molar-refractivity contribution in [2.24, 2.45) is 45.8 Å². The molecule has 8 nitrogen and oxygen atoms in total. The summed E-state index contributed by atoms with van der Waals surface area (Å²) < 4.78 is 18.8. The number of carbonyl (C=O) groups is 4. The largest absolute Gasteiger partial charge is 0.462 e. The van der Waals surface area contributed by atoms with E-state index in [1.807, 2.05) is 47.6 Å². The van der Waals surface area contributed by atoms with Gasteiger partial charge < -0.3 is 19.3 Å². The number of carbonyl (C=O) groups excluding carboxylic acids is 4. The lowest BCUT2D eigenvalue weighted by molar-refractivity contribution is -0.162. The zero-order valence-corrected chi connectivity index (χ0v) is 25.9. The number of fused-ring (bicyclic) bond motifs is 6. The molecule has 43 heavy (non-hydrogen) atoms. The van der Waals surface area contributed by atoms with Gasteiger partial charge in [-0.3, -0.25) is 14.4 Å². The molecule has 0 aromatic rings. The van der Waals surface area contributed by atoms with E-state index in [-0.39, 0.29) is 36.4 Å². The van der Waals surface area contributed by atoms with Crippen LogP contribution in [0.2, 0.25) is 0 Å². The van der Waals surface area contributed by atoms with Crippen LogP contribution in [0.1, 0.15) is 73.6 Å². The minimum Gasteiger partial charge on any atom is -0.462 e. The average molecular weight is 591 g/mol. The highest BCUT2D eigenvalue weighted by Crippen LogP contribution is 2.80. The molecule has 1 N–H and O–H groups in total. The molecule has 8 heteroatoms. The average Bonchev–Trinajstić information content (AvgIpc) is 3.57. The van der Waals surface area contributed by atoms with Crippen LogP contribution in [-0.4, -0.2) is 52.7 Å². The van der Waals surface area contributed by atoms with Gasteiger partial charge in [-0.25, -0.2) is 4.79 Å². The molecule has 230 valence electrons. The van der Waals surface area contributed by atoms with Crippen molar-refractivity contribution in [3.05, 3.63) is 47.1 Å². The molecule has 0 amide bonds. The summed E-state index contributed by atoms with van der Waals surface area (Å²) in [6, 6.07) is 0. The summed E-state index contributed by atoms with van der Waals surface area (Å²) in [4.78, 5) is 54.1. The predicted octanol–water partition coefficient (Wildman–Crippen LogP) is 4.56. The van der Waals surface area contributed by atoms with Gasteiger partial charge in [-0.05, 0) is 52.0 Å². The highest BCUT2D eigenvalue weighted by atomic mass is 16.6. The molecule has 0 aromatic carbocycles. The maximum Gasteiger partial charge on any atom is 0.334 e. The van der Waals surface area contributed by atoms with Gasteiger partial charge in [0.1, 0.15) is 18.3 Å². The Labute approximate surface area is 252 Å². The van der Waals surface area contributed by atoms with Crippen LogP contribution < -0.4 is 0 Å². The van der Waals surface area contributed by atoms with Crippen LogP contribution in [-0.2, 0) is 33.4 Å². The van der Waals surface area contributed by atoms with Crippen LogP contribution in [0.15, 0.2) is 47.1 Å². The maximum absolute atomic E-state index is 14.7. The molecule has 0 radical (unpaired) electrons. The van der Waals surface area contributed by atoms with Gasteiger partial charge in [0, 0.05) is 52.6 Å². The van der Waals surface area contributed by atoms with Crippen LogP contribution in [0.25, 0.3) is 0 Å². The summed E-state index contributed by atoms with van der Waals surface area (Å²) in [7, 11) is 0. The van der Waals surface area contributed by atoms with Crippen molar-refractivity contribution in [2.75, 3.05) is 0 Å². The molecular formula is C35H42O8. The van der Waals surface area contributed by atoms with E-state index < -0.39 is 69.9 Å². The third-order valence-electron chi connectivity index (χ3n) is 12.6. The molecule has 1 spiro atoms. The molecule has 2 bridgehead atoms. The van der Waals surface area contributed by atoms with Crippen molar-refractivity contribution in [3.8, 4) is 0 Å². The fraction of sp³-hybridized carbons (Fsp3) is 0.657. The lowest BCUT2D eigenvalue weighted by Gasteiger charge is -2.46. The zero-order valence-electron chi connectivity index (χ0n) is 25.9. The van der Waals surface area contributed by atoms with Crippen molar-refractivity contribution in [1.82, 2.24) is 0 Å². The first kappa shape index (κ1) is 28.8. The monoisotopic (exact) mass is 590 g/mol. The van der Waals surface area contributed by atoms with Crippen molar-refractivity contribution in [1.29, 1.82) is 0 Å². The van der Waals surface area contributed by atoms with Crippen LogP contribution >= 0.6 is 0 Å². The minimum absolute atomic E-state index is 0.0840. The van der Waals surface area contributed by atoms with Gasteiger partial charge in [0.15, 0.2) is 5.78 Å². The first-order valence-electron chi connectivity index (χ1n) is 15.7. The van der Waals surface area contributed by atoms with Gasteiger partial charge >= 0.3 is 17.9 Å². The van der Waals surface area contributed by atoms with Gasteiger partial charge in [0.2, 0.25) is 0 Å². The number of esters is 3. The molecule has 2 saturated heterocycles. The highest BCUT2D eigenvalue weighted by molar-refractivity contribution is 6.09. The Kier molecular flexibility index (Phi) is 5.88. The second-order valence-electron chi connectivity index (χ2n) is 15.2. The normalized spacial score (nSPS) is 47.6. The topological polar surface area (TPSA) is 116 Å². The van der Waals surface area contributed by atoms with Crippen LogP contribution in [0.5, 0.6) is 0 Å². The van der Waals surface area contributed by atoms with Gasteiger partial charge in [-0.15, -0.1) is 0 Å². The number of aliphatic hydroxyl groups is 1. The summed E-state index contributed by atoms with van der Waals surface area (Å²) in [6.45, 7) is 15.6. The number of ether oxygens (including phenoxy) is 3. The third kappa shape index (κ3) is 3.36. The van der Waals surface area contributed by atoms with E-state index >= 15 is 0 Å². The Morgan fingerprint density at radius 2 is 1.86 bits per heavy atom. The van der Waals surface area contributed by atoms with Gasteiger partial charge in [-0.2, -0.15) is 0 Å². The quantitative estimate of drug-likeness (QED) is 0.220. The molecule has 7 rings (SSSR count). The lowest BCUT2D eigenvalue weighted by Crippen LogP contribution is -2.53. The summed E-state index contributed by atoms with van der Waals surface area (Å²) in [5, 5.41) is 12.3.